The van der Waals surface area contributed by atoms with Gasteiger partial charge in [0, 0.05) is 12.7 Å². The van der Waals surface area contributed by atoms with Crippen LogP contribution in [-0.4, -0.2) is 62.3 Å². The molecule has 156 valence electrons. The van der Waals surface area contributed by atoms with E-state index in [1.165, 1.54) is 11.3 Å². The topological polar surface area (TPSA) is 102 Å². The van der Waals surface area contributed by atoms with Crippen LogP contribution in [0.4, 0.5) is 5.69 Å². The van der Waals surface area contributed by atoms with Crippen LogP contribution >= 0.6 is 11.3 Å². The summed E-state index contributed by atoms with van der Waals surface area (Å²) in [5.74, 6) is 0.203. The smallest absolute Gasteiger partial charge is 0.350 e. The molecule has 0 amide bonds. The number of thiazole rings is 1. The van der Waals surface area contributed by atoms with Gasteiger partial charge in [0.2, 0.25) is 0 Å². The van der Waals surface area contributed by atoms with Gasteiger partial charge in [-0.15, -0.1) is 11.3 Å². The van der Waals surface area contributed by atoms with E-state index in [2.05, 4.69) is 4.98 Å². The summed E-state index contributed by atoms with van der Waals surface area (Å²) in [6.07, 6.45) is -0.612. The van der Waals surface area contributed by atoms with Crippen molar-refractivity contribution in [2.24, 2.45) is 0 Å². The van der Waals surface area contributed by atoms with E-state index in [-0.39, 0.29) is 30.4 Å². The highest BCUT2D eigenvalue weighted by atomic mass is 32.1. The van der Waals surface area contributed by atoms with E-state index in [1.807, 2.05) is 12.1 Å². The van der Waals surface area contributed by atoms with Gasteiger partial charge in [-0.25, -0.2) is 9.78 Å². The van der Waals surface area contributed by atoms with Gasteiger partial charge in [0.1, 0.15) is 33.9 Å². The molecule has 0 radical (unpaired) electrons. The third-order valence-electron chi connectivity index (χ3n) is 5.06. The summed E-state index contributed by atoms with van der Waals surface area (Å²) < 4.78 is 28.1. The number of ether oxygens (including phenoxy) is 5. The minimum Gasteiger partial charge on any atom is -0.483 e. The first-order chi connectivity index (χ1) is 14.0. The van der Waals surface area contributed by atoms with Gasteiger partial charge in [0.15, 0.2) is 6.10 Å². The molecule has 0 saturated carbocycles. The Morgan fingerprint density at radius 1 is 1.28 bits per heavy atom. The zero-order valence-corrected chi connectivity index (χ0v) is 17.4. The number of carbonyl (C=O) groups is 1. The number of nitrogen functional groups attached to an aromatic ring is 1. The van der Waals surface area contributed by atoms with Gasteiger partial charge >= 0.3 is 5.97 Å². The fourth-order valence-corrected chi connectivity index (χ4v) is 4.55. The number of carbonyl (C=O) groups excluding carboxylic acids is 1. The van der Waals surface area contributed by atoms with Crippen molar-refractivity contribution in [3.05, 3.63) is 28.8 Å². The molecule has 4 rings (SSSR count). The van der Waals surface area contributed by atoms with Crippen molar-refractivity contribution >= 4 is 23.0 Å². The highest BCUT2D eigenvalue weighted by molar-refractivity contribution is 7.17. The quantitative estimate of drug-likeness (QED) is 0.562. The van der Waals surface area contributed by atoms with E-state index < -0.39 is 0 Å². The predicted molar refractivity (Wildman–Crippen MR) is 107 cm³/mol. The van der Waals surface area contributed by atoms with Crippen molar-refractivity contribution in [3.63, 3.8) is 0 Å². The molecule has 0 unspecified atom stereocenters. The second kappa shape index (κ2) is 8.27. The second-order valence-corrected chi connectivity index (χ2v) is 7.93. The Morgan fingerprint density at radius 2 is 2.00 bits per heavy atom. The Labute approximate surface area is 172 Å². The summed E-state index contributed by atoms with van der Waals surface area (Å²) in [5, 5.41) is 0.704. The van der Waals surface area contributed by atoms with Gasteiger partial charge in [-0.05, 0) is 32.0 Å². The number of benzene rings is 1. The number of aromatic nitrogens is 1. The zero-order chi connectivity index (χ0) is 20.5. The first-order valence-corrected chi connectivity index (χ1v) is 10.3. The van der Waals surface area contributed by atoms with Crippen molar-refractivity contribution in [1.82, 2.24) is 4.98 Å². The number of nitrogens with two attached hydrogens (primary N) is 1. The van der Waals surface area contributed by atoms with Crippen LogP contribution in [0.25, 0.3) is 10.6 Å². The molecule has 3 heterocycles. The maximum atomic E-state index is 12.0. The van der Waals surface area contributed by atoms with Crippen molar-refractivity contribution in [1.29, 1.82) is 0 Å². The van der Waals surface area contributed by atoms with Crippen LogP contribution in [0.15, 0.2) is 18.2 Å². The van der Waals surface area contributed by atoms with Gasteiger partial charge in [0.05, 0.1) is 31.2 Å². The fourth-order valence-electron chi connectivity index (χ4n) is 3.59. The molecular formula is C20H24N2O6S. The monoisotopic (exact) mass is 420 g/mol. The molecule has 29 heavy (non-hydrogen) atoms. The van der Waals surface area contributed by atoms with Gasteiger partial charge < -0.3 is 29.4 Å². The standard InChI is InChI=1S/C20H24N2O6S/c1-4-25-20(23)18-10(2)22-19(29-18)11-5-6-13(12(21)7-11)28-15-9-27-16-14(24-3)8-26-17(15)16/h5-7,14-17H,4,8-9,21H2,1-3H3/t14-,15-,16+,17+/m0/s1. The maximum absolute atomic E-state index is 12.0. The Bertz CT molecular complexity index is 901. The summed E-state index contributed by atoms with van der Waals surface area (Å²) in [5.41, 5.74) is 8.17. The number of esters is 1. The van der Waals surface area contributed by atoms with E-state index in [0.717, 1.165) is 5.56 Å². The van der Waals surface area contributed by atoms with Crippen molar-refractivity contribution in [2.75, 3.05) is 32.7 Å². The third kappa shape index (κ3) is 3.83. The fraction of sp³-hybridized carbons (Fsp3) is 0.500. The SMILES string of the molecule is CCOC(=O)c1sc(-c2ccc(O[C@H]3CO[C@H]4[C@@H]3OC[C@@H]4OC)c(N)c2)nc1C. The summed E-state index contributed by atoms with van der Waals surface area (Å²) in [7, 11) is 1.65. The van der Waals surface area contributed by atoms with Gasteiger partial charge in [-0.1, -0.05) is 0 Å². The maximum Gasteiger partial charge on any atom is 0.350 e. The first kappa shape index (κ1) is 20.1. The van der Waals surface area contributed by atoms with Gasteiger partial charge in [-0.2, -0.15) is 0 Å². The lowest BCUT2D eigenvalue weighted by Gasteiger charge is -2.19. The summed E-state index contributed by atoms with van der Waals surface area (Å²) in [4.78, 5) is 17.0. The molecule has 1 aromatic heterocycles. The van der Waals surface area contributed by atoms with Crippen LogP contribution in [0.3, 0.4) is 0 Å². The minimum absolute atomic E-state index is 0.0740. The van der Waals surface area contributed by atoms with Gasteiger partial charge in [0.25, 0.3) is 0 Å². The van der Waals surface area contributed by atoms with E-state index in [9.17, 15) is 4.79 Å². The van der Waals surface area contributed by atoms with E-state index in [1.54, 1.807) is 27.0 Å². The molecule has 2 aromatic rings. The molecule has 2 fully saturated rings. The van der Waals surface area contributed by atoms with E-state index >= 15 is 0 Å². The Hall–Kier alpha value is -2.20. The largest absolute Gasteiger partial charge is 0.483 e. The Morgan fingerprint density at radius 3 is 2.69 bits per heavy atom. The lowest BCUT2D eigenvalue weighted by Crippen LogP contribution is -2.35. The first-order valence-electron chi connectivity index (χ1n) is 9.49. The number of nitrogens with zero attached hydrogens (tertiary/aromatic N) is 1. The van der Waals surface area contributed by atoms with Crippen LogP contribution in [0.5, 0.6) is 5.75 Å². The molecule has 9 heteroatoms. The summed E-state index contributed by atoms with van der Waals surface area (Å²) >= 11 is 1.29. The average molecular weight is 420 g/mol. The molecule has 1 aromatic carbocycles. The molecule has 0 aliphatic carbocycles. The molecular weight excluding hydrogens is 396 g/mol. The van der Waals surface area contributed by atoms with Crippen molar-refractivity contribution in [2.45, 2.75) is 38.3 Å². The van der Waals surface area contributed by atoms with Crippen LogP contribution in [-0.2, 0) is 18.9 Å². The molecule has 0 bridgehead atoms. The van der Waals surface area contributed by atoms with Crippen molar-refractivity contribution < 1.29 is 28.5 Å². The zero-order valence-electron chi connectivity index (χ0n) is 16.5. The molecule has 4 atom stereocenters. The Kier molecular flexibility index (Phi) is 5.73. The lowest BCUT2D eigenvalue weighted by atomic mass is 10.1. The number of methoxy groups -OCH3 is 1. The average Bonchev–Trinajstić information content (AvgIpc) is 3.39. The number of rotatable bonds is 6. The molecule has 2 N–H and O–H groups in total. The van der Waals surface area contributed by atoms with Crippen LogP contribution in [0.2, 0.25) is 0 Å². The highest BCUT2D eigenvalue weighted by Crippen LogP contribution is 2.36. The number of anilines is 1. The molecule has 0 spiro atoms. The van der Waals surface area contributed by atoms with Gasteiger partial charge in [-0.3, -0.25) is 0 Å². The number of aryl methyl sites for hydroxylation is 1. The molecule has 2 aliphatic heterocycles. The lowest BCUT2D eigenvalue weighted by molar-refractivity contribution is -0.0137. The predicted octanol–water partition coefficient (Wildman–Crippen LogP) is 2.44. The number of hydrogen-bond donors (Lipinski definition) is 1. The molecule has 8 nitrogen and oxygen atoms in total. The van der Waals surface area contributed by atoms with Crippen LogP contribution in [0.1, 0.15) is 22.3 Å². The highest BCUT2D eigenvalue weighted by Gasteiger charge is 2.49. The van der Waals surface area contributed by atoms with Crippen molar-refractivity contribution in [3.8, 4) is 16.3 Å². The third-order valence-corrected chi connectivity index (χ3v) is 6.24. The summed E-state index contributed by atoms with van der Waals surface area (Å²) in [6.45, 7) is 4.81. The molecule has 2 saturated heterocycles. The normalized spacial score (nSPS) is 25.8. The van der Waals surface area contributed by atoms with E-state index in [0.29, 0.717) is 46.8 Å². The number of fused-ring (bicyclic) bond motifs is 1. The van der Waals surface area contributed by atoms with Crippen LogP contribution < -0.4 is 10.5 Å². The molecule has 2 aliphatic rings. The van der Waals surface area contributed by atoms with E-state index in [4.69, 9.17) is 29.4 Å². The number of hydrogen-bond acceptors (Lipinski definition) is 9. The van der Waals surface area contributed by atoms with Crippen LogP contribution in [0, 0.1) is 6.92 Å². The summed E-state index contributed by atoms with van der Waals surface area (Å²) in [6, 6.07) is 5.48. The second-order valence-electron chi connectivity index (χ2n) is 6.93. The minimum atomic E-state index is -0.358. The Balaban J connectivity index is 1.49.